The van der Waals surface area contributed by atoms with Gasteiger partial charge >= 0.3 is 5.97 Å². The fraction of sp³-hybridized carbons (Fsp3) is 0.192. The number of ether oxygens (including phenoxy) is 3. The summed E-state index contributed by atoms with van der Waals surface area (Å²) < 4.78 is 16.5. The highest BCUT2D eigenvalue weighted by Gasteiger charge is 2.13. The fourth-order valence-electron chi connectivity index (χ4n) is 2.87. The molecule has 0 fully saturated rings. The Kier molecular flexibility index (Phi) is 8.59. The van der Waals surface area contributed by atoms with Gasteiger partial charge in [-0.15, -0.1) is 0 Å². The van der Waals surface area contributed by atoms with Crippen LogP contribution in [0.1, 0.15) is 35.3 Å². The molecule has 0 atom stereocenters. The van der Waals surface area contributed by atoms with Crippen LogP contribution < -0.4 is 19.6 Å². The summed E-state index contributed by atoms with van der Waals surface area (Å²) in [5.74, 6) is 0.456. The Morgan fingerprint density at radius 3 is 2.36 bits per heavy atom. The lowest BCUT2D eigenvalue weighted by molar-refractivity contribution is -0.123. The van der Waals surface area contributed by atoms with Crippen LogP contribution >= 0.6 is 0 Å². The number of carbonyl (C=O) groups excluding carboxylic acids is 2. The smallest absolute Gasteiger partial charge is 0.343 e. The van der Waals surface area contributed by atoms with Crippen LogP contribution in [-0.4, -0.2) is 31.3 Å². The summed E-state index contributed by atoms with van der Waals surface area (Å²) in [6, 6.07) is 21.3. The number of aryl methyl sites for hydroxylation is 1. The normalized spacial score (nSPS) is 10.6. The van der Waals surface area contributed by atoms with Crippen molar-refractivity contribution >= 4 is 18.1 Å². The van der Waals surface area contributed by atoms with Gasteiger partial charge < -0.3 is 14.2 Å². The van der Waals surface area contributed by atoms with Crippen molar-refractivity contribution in [2.75, 3.05) is 13.2 Å². The molecular formula is C26H26N2O5. The highest BCUT2D eigenvalue weighted by atomic mass is 16.6. The number of hydrazone groups is 1. The number of nitrogens with zero attached hydrogens (tertiary/aromatic N) is 1. The molecule has 3 aromatic carbocycles. The maximum Gasteiger partial charge on any atom is 0.343 e. The van der Waals surface area contributed by atoms with Gasteiger partial charge in [0.05, 0.1) is 18.4 Å². The van der Waals surface area contributed by atoms with E-state index in [1.807, 2.05) is 37.3 Å². The third-order valence-corrected chi connectivity index (χ3v) is 4.58. The molecule has 0 saturated heterocycles. The van der Waals surface area contributed by atoms with E-state index in [0.717, 1.165) is 6.42 Å². The lowest BCUT2D eigenvalue weighted by atomic mass is 10.2. The molecule has 0 aliphatic carbocycles. The van der Waals surface area contributed by atoms with Gasteiger partial charge in [0, 0.05) is 0 Å². The molecule has 0 spiro atoms. The van der Waals surface area contributed by atoms with Crippen LogP contribution in [0.15, 0.2) is 77.9 Å². The molecule has 3 rings (SSSR count). The predicted molar refractivity (Wildman–Crippen MR) is 126 cm³/mol. The van der Waals surface area contributed by atoms with Crippen molar-refractivity contribution in [3.05, 3.63) is 89.5 Å². The molecule has 0 bridgehead atoms. The molecule has 33 heavy (non-hydrogen) atoms. The van der Waals surface area contributed by atoms with Gasteiger partial charge in [0.25, 0.3) is 5.91 Å². The summed E-state index contributed by atoms with van der Waals surface area (Å²) >= 11 is 0. The van der Waals surface area contributed by atoms with Crippen LogP contribution in [0.25, 0.3) is 0 Å². The second kappa shape index (κ2) is 12.0. The van der Waals surface area contributed by atoms with Gasteiger partial charge in [0.2, 0.25) is 0 Å². The van der Waals surface area contributed by atoms with Crippen LogP contribution in [0.2, 0.25) is 0 Å². The number of amides is 1. The lowest BCUT2D eigenvalue weighted by Gasteiger charge is -2.11. The van der Waals surface area contributed by atoms with Gasteiger partial charge in [-0.25, -0.2) is 10.2 Å². The van der Waals surface area contributed by atoms with Crippen molar-refractivity contribution < 1.29 is 23.8 Å². The number of benzene rings is 3. The van der Waals surface area contributed by atoms with Gasteiger partial charge in [0.1, 0.15) is 5.75 Å². The van der Waals surface area contributed by atoms with Crippen molar-refractivity contribution in [1.29, 1.82) is 0 Å². The van der Waals surface area contributed by atoms with E-state index in [4.69, 9.17) is 14.2 Å². The summed E-state index contributed by atoms with van der Waals surface area (Å²) in [6.07, 6.45) is 2.41. The van der Waals surface area contributed by atoms with Crippen molar-refractivity contribution in [2.24, 2.45) is 5.10 Å². The second-order valence-corrected chi connectivity index (χ2v) is 6.97. The van der Waals surface area contributed by atoms with Crippen LogP contribution in [0.5, 0.6) is 17.2 Å². The summed E-state index contributed by atoms with van der Waals surface area (Å²) in [5.41, 5.74) is 4.72. The van der Waals surface area contributed by atoms with E-state index in [1.165, 1.54) is 11.8 Å². The zero-order valence-electron chi connectivity index (χ0n) is 18.6. The maximum atomic E-state index is 12.3. The summed E-state index contributed by atoms with van der Waals surface area (Å²) in [7, 11) is 0. The number of esters is 1. The van der Waals surface area contributed by atoms with E-state index in [0.29, 0.717) is 35.0 Å². The monoisotopic (exact) mass is 446 g/mol. The summed E-state index contributed by atoms with van der Waals surface area (Å²) in [6.45, 7) is 4.15. The first-order valence-electron chi connectivity index (χ1n) is 10.7. The van der Waals surface area contributed by atoms with E-state index < -0.39 is 5.97 Å². The predicted octanol–water partition coefficient (Wildman–Crippen LogP) is 4.40. The lowest BCUT2D eigenvalue weighted by Crippen LogP contribution is -2.24. The molecular weight excluding hydrogens is 420 g/mol. The van der Waals surface area contributed by atoms with Gasteiger partial charge in [0.15, 0.2) is 18.1 Å². The second-order valence-electron chi connectivity index (χ2n) is 6.97. The fourth-order valence-corrected chi connectivity index (χ4v) is 2.87. The van der Waals surface area contributed by atoms with Crippen molar-refractivity contribution in [3.63, 3.8) is 0 Å². The molecule has 7 nitrogen and oxygen atoms in total. The van der Waals surface area contributed by atoms with Gasteiger partial charge in [-0.2, -0.15) is 5.10 Å². The Morgan fingerprint density at radius 1 is 0.909 bits per heavy atom. The molecule has 170 valence electrons. The zero-order valence-corrected chi connectivity index (χ0v) is 18.6. The number of rotatable bonds is 10. The number of carbonyl (C=O) groups is 2. The maximum absolute atomic E-state index is 12.3. The van der Waals surface area contributed by atoms with Crippen LogP contribution in [0.3, 0.4) is 0 Å². The zero-order chi connectivity index (χ0) is 23.5. The third-order valence-electron chi connectivity index (χ3n) is 4.58. The highest BCUT2D eigenvalue weighted by molar-refractivity contribution is 5.91. The standard InChI is InChI=1S/C26H26N2O5/c1-3-19-10-13-22(14-11-19)32-18-25(29)28-27-17-20-12-15-23(24(16-20)31-4-2)33-26(30)21-8-6-5-7-9-21/h5-17H,3-4,18H2,1-2H3,(H,28,29). The number of hydrogen-bond acceptors (Lipinski definition) is 6. The molecule has 1 amide bonds. The van der Waals surface area contributed by atoms with Crippen LogP contribution in [0.4, 0.5) is 0 Å². The third kappa shape index (κ3) is 7.21. The summed E-state index contributed by atoms with van der Waals surface area (Å²) in [5, 5.41) is 3.95. The first kappa shape index (κ1) is 23.5. The van der Waals surface area contributed by atoms with Crippen molar-refractivity contribution in [1.82, 2.24) is 5.43 Å². The van der Waals surface area contributed by atoms with Crippen LogP contribution in [-0.2, 0) is 11.2 Å². The molecule has 1 N–H and O–H groups in total. The molecule has 3 aromatic rings. The average Bonchev–Trinajstić information content (AvgIpc) is 2.85. The van der Waals surface area contributed by atoms with E-state index in [1.54, 1.807) is 42.5 Å². The minimum absolute atomic E-state index is 0.151. The number of hydrogen-bond donors (Lipinski definition) is 1. The first-order valence-corrected chi connectivity index (χ1v) is 10.7. The Bertz CT molecular complexity index is 1100. The van der Waals surface area contributed by atoms with E-state index >= 15 is 0 Å². The van der Waals surface area contributed by atoms with Crippen molar-refractivity contribution in [3.8, 4) is 17.2 Å². The molecule has 0 saturated carbocycles. The Hall–Kier alpha value is -4.13. The quantitative estimate of drug-likeness (QED) is 0.216. The molecule has 0 aromatic heterocycles. The van der Waals surface area contributed by atoms with E-state index in [2.05, 4.69) is 17.5 Å². The first-order chi connectivity index (χ1) is 16.1. The Balaban J connectivity index is 1.56. The largest absolute Gasteiger partial charge is 0.490 e. The molecule has 0 aliphatic rings. The molecule has 7 heteroatoms. The van der Waals surface area contributed by atoms with Crippen molar-refractivity contribution in [2.45, 2.75) is 20.3 Å². The molecule has 0 unspecified atom stereocenters. The summed E-state index contributed by atoms with van der Waals surface area (Å²) in [4.78, 5) is 24.3. The van der Waals surface area contributed by atoms with Gasteiger partial charge in [-0.3, -0.25) is 4.79 Å². The van der Waals surface area contributed by atoms with Gasteiger partial charge in [-0.05, 0) is 66.9 Å². The van der Waals surface area contributed by atoms with E-state index in [9.17, 15) is 9.59 Å². The molecule has 0 radical (unpaired) electrons. The Morgan fingerprint density at radius 2 is 1.67 bits per heavy atom. The molecule has 0 aliphatic heterocycles. The molecule has 0 heterocycles. The number of nitrogens with one attached hydrogen (secondary N) is 1. The van der Waals surface area contributed by atoms with Crippen LogP contribution in [0, 0.1) is 0 Å². The Labute approximate surface area is 193 Å². The minimum Gasteiger partial charge on any atom is -0.490 e. The van der Waals surface area contributed by atoms with Gasteiger partial charge in [-0.1, -0.05) is 37.3 Å². The SMILES string of the molecule is CCOc1cc(C=NNC(=O)COc2ccc(CC)cc2)ccc1OC(=O)c1ccccc1. The highest BCUT2D eigenvalue weighted by Crippen LogP contribution is 2.29. The topological polar surface area (TPSA) is 86.2 Å². The average molecular weight is 447 g/mol. The van der Waals surface area contributed by atoms with E-state index in [-0.39, 0.29) is 12.5 Å². The minimum atomic E-state index is -0.477.